The molecule has 0 saturated heterocycles. The predicted octanol–water partition coefficient (Wildman–Crippen LogP) is 4.37. The Morgan fingerprint density at radius 3 is 2.63 bits per heavy atom. The molecular weight excluding hydrogens is 311 g/mol. The quantitative estimate of drug-likeness (QED) is 0.770. The van der Waals surface area contributed by atoms with Crippen LogP contribution in [0.1, 0.15) is 43.0 Å². The van der Waals surface area contributed by atoms with Crippen LogP contribution < -0.4 is 0 Å². The lowest BCUT2D eigenvalue weighted by Crippen LogP contribution is -2.44. The summed E-state index contributed by atoms with van der Waals surface area (Å²) >= 11 is 3.28. The number of methoxy groups -OCH3 is 1. The summed E-state index contributed by atoms with van der Waals surface area (Å²) in [5.74, 6) is -0.118. The van der Waals surface area contributed by atoms with Crippen LogP contribution in [0.5, 0.6) is 0 Å². The predicted molar refractivity (Wildman–Crippen MR) is 75.8 cm³/mol. The van der Waals surface area contributed by atoms with E-state index in [0.717, 1.165) is 12.8 Å². The second-order valence-corrected chi connectivity index (χ2v) is 6.25. The van der Waals surface area contributed by atoms with E-state index in [1.807, 2.05) is 0 Å². The lowest BCUT2D eigenvalue weighted by Gasteiger charge is -2.37. The highest BCUT2D eigenvalue weighted by molar-refractivity contribution is 9.10. The lowest BCUT2D eigenvalue weighted by atomic mass is 9.75. The van der Waals surface area contributed by atoms with Crippen LogP contribution in [-0.2, 0) is 4.74 Å². The zero-order valence-corrected chi connectivity index (χ0v) is 12.8. The van der Waals surface area contributed by atoms with Crippen molar-refractivity contribution < 1.29 is 13.9 Å². The molecule has 1 aliphatic rings. The van der Waals surface area contributed by atoms with Crippen LogP contribution >= 0.6 is 15.9 Å². The van der Waals surface area contributed by atoms with Gasteiger partial charge in [0.05, 0.1) is 5.56 Å². The summed E-state index contributed by atoms with van der Waals surface area (Å²) in [6.07, 6.45) is 3.20. The second kappa shape index (κ2) is 5.71. The van der Waals surface area contributed by atoms with Gasteiger partial charge in [-0.15, -0.1) is 0 Å². The smallest absolute Gasteiger partial charge is 0.197 e. The summed E-state index contributed by atoms with van der Waals surface area (Å²) in [7, 11) is 1.55. The number of ketones is 1. The molecule has 0 N–H and O–H groups in total. The Kier molecular flexibility index (Phi) is 4.41. The molecule has 0 heterocycles. The Labute approximate surface area is 121 Å². The molecule has 1 aromatic carbocycles. The van der Waals surface area contributed by atoms with Gasteiger partial charge >= 0.3 is 0 Å². The minimum Gasteiger partial charge on any atom is -0.370 e. The van der Waals surface area contributed by atoms with Crippen LogP contribution in [0.2, 0.25) is 0 Å². The first-order valence-electron chi connectivity index (χ1n) is 6.53. The normalized spacial score (nSPS) is 27.3. The van der Waals surface area contributed by atoms with E-state index in [0.29, 0.717) is 23.2 Å². The molecule has 2 nitrogen and oxygen atoms in total. The van der Waals surface area contributed by atoms with Gasteiger partial charge in [-0.25, -0.2) is 4.39 Å². The molecule has 0 atom stereocenters. The summed E-state index contributed by atoms with van der Waals surface area (Å²) in [5.41, 5.74) is -0.737. The fraction of sp³-hybridized carbons (Fsp3) is 0.533. The van der Waals surface area contributed by atoms with Crippen molar-refractivity contribution in [2.24, 2.45) is 5.92 Å². The minimum absolute atomic E-state index is 0.116. The Morgan fingerprint density at radius 1 is 1.42 bits per heavy atom. The molecular formula is C15H18BrFO2. The molecule has 0 spiro atoms. The summed E-state index contributed by atoms with van der Waals surface area (Å²) in [5, 5.41) is 0. The first-order chi connectivity index (χ1) is 8.98. The van der Waals surface area contributed by atoms with Crippen molar-refractivity contribution in [1.29, 1.82) is 0 Å². The fourth-order valence-electron chi connectivity index (χ4n) is 2.67. The van der Waals surface area contributed by atoms with Gasteiger partial charge in [-0.05, 0) is 49.8 Å². The highest BCUT2D eigenvalue weighted by atomic mass is 79.9. The van der Waals surface area contributed by atoms with Gasteiger partial charge in [0.1, 0.15) is 11.4 Å². The van der Waals surface area contributed by atoms with Gasteiger partial charge in [0, 0.05) is 11.6 Å². The maximum absolute atomic E-state index is 13.9. The third-order valence-electron chi connectivity index (χ3n) is 4.06. The average Bonchev–Trinajstić information content (AvgIpc) is 2.42. The first-order valence-corrected chi connectivity index (χ1v) is 7.33. The molecule has 1 aromatic rings. The van der Waals surface area contributed by atoms with Crippen molar-refractivity contribution >= 4 is 21.7 Å². The standard InChI is InChI=1S/C15H18BrFO2/c1-10-5-7-15(19-2,8-6-10)14(18)12-9-11(16)3-4-13(12)17/h3-4,9-10H,5-8H2,1-2H3. The van der Waals surface area contributed by atoms with Gasteiger partial charge in [0.15, 0.2) is 5.78 Å². The van der Waals surface area contributed by atoms with Crippen molar-refractivity contribution in [2.75, 3.05) is 7.11 Å². The van der Waals surface area contributed by atoms with Crippen molar-refractivity contribution in [2.45, 2.75) is 38.2 Å². The number of carbonyl (C=O) groups is 1. The van der Waals surface area contributed by atoms with E-state index in [9.17, 15) is 9.18 Å². The van der Waals surface area contributed by atoms with E-state index >= 15 is 0 Å². The molecule has 0 amide bonds. The Hall–Kier alpha value is -0.740. The third-order valence-corrected chi connectivity index (χ3v) is 4.55. The molecule has 0 bridgehead atoms. The van der Waals surface area contributed by atoms with E-state index in [1.165, 1.54) is 12.1 Å². The fourth-order valence-corrected chi connectivity index (χ4v) is 3.03. The summed E-state index contributed by atoms with van der Waals surface area (Å²) in [6.45, 7) is 2.17. The number of halogens is 2. The molecule has 0 unspecified atom stereocenters. The average molecular weight is 329 g/mol. The van der Waals surface area contributed by atoms with Gasteiger partial charge in [-0.1, -0.05) is 22.9 Å². The Balaban J connectivity index is 2.33. The van der Waals surface area contributed by atoms with Gasteiger partial charge in [-0.3, -0.25) is 4.79 Å². The molecule has 2 rings (SSSR count). The summed E-state index contributed by atoms with van der Waals surface area (Å²) in [6, 6.07) is 4.44. The van der Waals surface area contributed by atoms with Crippen molar-refractivity contribution in [3.8, 4) is 0 Å². The number of benzene rings is 1. The number of ether oxygens (including phenoxy) is 1. The van der Waals surface area contributed by atoms with E-state index in [1.54, 1.807) is 13.2 Å². The van der Waals surface area contributed by atoms with Crippen LogP contribution in [0, 0.1) is 11.7 Å². The second-order valence-electron chi connectivity index (χ2n) is 5.33. The number of hydrogen-bond donors (Lipinski definition) is 0. The van der Waals surface area contributed by atoms with Crippen LogP contribution in [0.3, 0.4) is 0 Å². The molecule has 19 heavy (non-hydrogen) atoms. The van der Waals surface area contributed by atoms with Crippen molar-refractivity contribution in [1.82, 2.24) is 0 Å². The van der Waals surface area contributed by atoms with Gasteiger partial charge in [0.25, 0.3) is 0 Å². The molecule has 0 aromatic heterocycles. The highest BCUT2D eigenvalue weighted by Crippen LogP contribution is 2.37. The largest absolute Gasteiger partial charge is 0.370 e. The summed E-state index contributed by atoms with van der Waals surface area (Å²) in [4.78, 5) is 12.6. The number of hydrogen-bond acceptors (Lipinski definition) is 2. The van der Waals surface area contributed by atoms with Crippen LogP contribution in [-0.4, -0.2) is 18.5 Å². The van der Waals surface area contributed by atoms with Crippen LogP contribution in [0.4, 0.5) is 4.39 Å². The monoisotopic (exact) mass is 328 g/mol. The minimum atomic E-state index is -0.853. The lowest BCUT2D eigenvalue weighted by molar-refractivity contribution is -0.0265. The number of rotatable bonds is 3. The van der Waals surface area contributed by atoms with Crippen molar-refractivity contribution in [3.05, 3.63) is 34.1 Å². The van der Waals surface area contributed by atoms with E-state index in [2.05, 4.69) is 22.9 Å². The molecule has 1 saturated carbocycles. The molecule has 1 aliphatic carbocycles. The third kappa shape index (κ3) is 2.90. The van der Waals surface area contributed by atoms with Gasteiger partial charge in [0.2, 0.25) is 0 Å². The SMILES string of the molecule is COC1(C(=O)c2cc(Br)ccc2F)CCC(C)CC1. The number of carbonyl (C=O) groups excluding carboxylic acids is 1. The molecule has 4 heteroatoms. The molecule has 1 fully saturated rings. The maximum Gasteiger partial charge on any atom is 0.197 e. The first kappa shape index (κ1) is 14.7. The topological polar surface area (TPSA) is 26.3 Å². The van der Waals surface area contributed by atoms with Crippen LogP contribution in [0.25, 0.3) is 0 Å². The van der Waals surface area contributed by atoms with E-state index in [4.69, 9.17) is 4.74 Å². The molecule has 104 valence electrons. The Bertz CT molecular complexity index is 479. The molecule has 0 aliphatic heterocycles. The highest BCUT2D eigenvalue weighted by Gasteiger charge is 2.42. The zero-order chi connectivity index (χ0) is 14.0. The van der Waals surface area contributed by atoms with Crippen molar-refractivity contribution in [3.63, 3.8) is 0 Å². The van der Waals surface area contributed by atoms with E-state index in [-0.39, 0.29) is 11.3 Å². The number of Topliss-reactive ketones (excluding diaryl/α,β-unsaturated/α-hetero) is 1. The molecule has 0 radical (unpaired) electrons. The summed E-state index contributed by atoms with van der Waals surface area (Å²) < 4.78 is 20.1. The van der Waals surface area contributed by atoms with Crippen LogP contribution in [0.15, 0.2) is 22.7 Å². The zero-order valence-electron chi connectivity index (χ0n) is 11.2. The Morgan fingerprint density at radius 2 is 2.05 bits per heavy atom. The van der Waals surface area contributed by atoms with Gasteiger partial charge in [-0.2, -0.15) is 0 Å². The maximum atomic E-state index is 13.9. The van der Waals surface area contributed by atoms with E-state index < -0.39 is 11.4 Å². The van der Waals surface area contributed by atoms with Gasteiger partial charge < -0.3 is 4.74 Å².